The first kappa shape index (κ1) is 11.1. The molecule has 0 aliphatic rings. The van der Waals surface area contributed by atoms with Crippen molar-refractivity contribution in [3.8, 4) is 0 Å². The number of rotatable bonds is 2. The van der Waals surface area contributed by atoms with Crippen LogP contribution in [0, 0.1) is 0 Å². The number of aliphatic hydroxyl groups excluding tert-OH is 1. The van der Waals surface area contributed by atoms with Gasteiger partial charge in [0.05, 0.1) is 6.61 Å². The summed E-state index contributed by atoms with van der Waals surface area (Å²) in [4.78, 5) is -0.139. The van der Waals surface area contributed by atoms with Crippen LogP contribution in [0.15, 0.2) is 41.3 Å². The molecule has 2 aromatic carbocycles. The minimum Gasteiger partial charge on any atom is -0.392 e. The fourth-order valence-electron chi connectivity index (χ4n) is 1.70. The topological polar surface area (TPSA) is 74.6 Å². The van der Waals surface area contributed by atoms with Crippen molar-refractivity contribution in [1.82, 2.24) is 0 Å². The molecule has 0 heterocycles. The molecule has 0 aromatic heterocycles. The van der Waals surface area contributed by atoms with Crippen molar-refractivity contribution in [3.63, 3.8) is 0 Å². The molecule has 0 radical (unpaired) electrons. The van der Waals surface area contributed by atoms with Gasteiger partial charge in [-0.1, -0.05) is 30.3 Å². The lowest BCUT2D eigenvalue weighted by Gasteiger charge is -2.07. The molecule has 0 amide bonds. The lowest BCUT2D eigenvalue weighted by molar-refractivity contribution is 0.283. The largest absolute Gasteiger partial charge is 0.392 e. The third-order valence-electron chi connectivity index (χ3n) is 2.42. The second-order valence-corrected chi connectivity index (χ2v) is 4.79. The van der Waals surface area contributed by atoms with E-state index in [9.17, 15) is 8.42 Å². The maximum absolute atomic E-state index is 11.1. The van der Waals surface area contributed by atoms with Gasteiger partial charge in [-0.25, -0.2) is 0 Å². The van der Waals surface area contributed by atoms with Gasteiger partial charge in [0.1, 0.15) is 4.90 Å². The van der Waals surface area contributed by atoms with Gasteiger partial charge >= 0.3 is 0 Å². The highest BCUT2D eigenvalue weighted by atomic mass is 32.2. The second kappa shape index (κ2) is 3.86. The predicted octanol–water partition coefficient (Wildman–Crippen LogP) is 1.58. The van der Waals surface area contributed by atoms with E-state index in [1.165, 1.54) is 12.1 Å². The van der Waals surface area contributed by atoms with E-state index in [4.69, 9.17) is 9.66 Å². The molecular weight excluding hydrogens is 228 g/mol. The van der Waals surface area contributed by atoms with Crippen LogP contribution in [0.5, 0.6) is 0 Å². The van der Waals surface area contributed by atoms with Crippen molar-refractivity contribution in [2.75, 3.05) is 0 Å². The van der Waals surface area contributed by atoms with Crippen LogP contribution in [0.3, 0.4) is 0 Å². The molecule has 0 atom stereocenters. The van der Waals surface area contributed by atoms with Crippen molar-refractivity contribution in [2.24, 2.45) is 0 Å². The Bertz CT molecular complexity index is 631. The summed E-state index contributed by atoms with van der Waals surface area (Å²) in [7, 11) is -4.24. The van der Waals surface area contributed by atoms with Crippen molar-refractivity contribution >= 4 is 20.9 Å². The summed E-state index contributed by atoms with van der Waals surface area (Å²) in [5.41, 5.74) is 0.628. The van der Waals surface area contributed by atoms with Gasteiger partial charge in [0.25, 0.3) is 10.1 Å². The number of hydrogen-bond donors (Lipinski definition) is 2. The molecule has 5 heteroatoms. The zero-order chi connectivity index (χ0) is 11.8. The highest BCUT2D eigenvalue weighted by Gasteiger charge is 2.14. The van der Waals surface area contributed by atoms with Crippen LogP contribution < -0.4 is 0 Å². The lowest BCUT2D eigenvalue weighted by atomic mass is 10.1. The summed E-state index contributed by atoms with van der Waals surface area (Å²) in [6, 6.07) is 9.51. The van der Waals surface area contributed by atoms with E-state index >= 15 is 0 Å². The molecular formula is C11H10O4S. The SMILES string of the molecule is O=S(=O)(O)c1ccc(CO)c2ccccc12. The molecule has 0 unspecified atom stereocenters. The summed E-state index contributed by atoms with van der Waals surface area (Å²) in [5, 5.41) is 10.2. The molecule has 0 saturated carbocycles. The van der Waals surface area contributed by atoms with Crippen molar-refractivity contribution < 1.29 is 18.1 Å². The third kappa shape index (κ3) is 1.80. The first-order valence-electron chi connectivity index (χ1n) is 4.63. The van der Waals surface area contributed by atoms with Gasteiger partial charge in [-0.3, -0.25) is 4.55 Å². The van der Waals surface area contributed by atoms with E-state index in [0.717, 1.165) is 0 Å². The summed E-state index contributed by atoms with van der Waals surface area (Å²) in [5.74, 6) is 0. The van der Waals surface area contributed by atoms with Gasteiger partial charge in [-0.05, 0) is 17.0 Å². The Kier molecular flexibility index (Phi) is 2.67. The molecule has 0 aliphatic carbocycles. The number of fused-ring (bicyclic) bond motifs is 1. The molecule has 0 aliphatic heterocycles. The van der Waals surface area contributed by atoms with Gasteiger partial charge in [-0.2, -0.15) is 8.42 Å². The molecule has 84 valence electrons. The second-order valence-electron chi connectivity index (χ2n) is 3.40. The molecule has 2 rings (SSSR count). The first-order valence-corrected chi connectivity index (χ1v) is 6.07. The number of aliphatic hydroxyl groups is 1. The molecule has 0 fully saturated rings. The minimum absolute atomic E-state index is 0.139. The Morgan fingerprint density at radius 1 is 1.00 bits per heavy atom. The van der Waals surface area contributed by atoms with E-state index in [0.29, 0.717) is 16.3 Å². The maximum Gasteiger partial charge on any atom is 0.295 e. The number of hydrogen-bond acceptors (Lipinski definition) is 3. The maximum atomic E-state index is 11.1. The van der Waals surface area contributed by atoms with Gasteiger partial charge in [0.15, 0.2) is 0 Å². The smallest absolute Gasteiger partial charge is 0.295 e. The van der Waals surface area contributed by atoms with E-state index in [1.54, 1.807) is 24.3 Å². The highest BCUT2D eigenvalue weighted by molar-refractivity contribution is 7.86. The van der Waals surface area contributed by atoms with Gasteiger partial charge in [0, 0.05) is 5.39 Å². The average molecular weight is 238 g/mol. The van der Waals surface area contributed by atoms with Crippen molar-refractivity contribution in [2.45, 2.75) is 11.5 Å². The van der Waals surface area contributed by atoms with E-state index in [2.05, 4.69) is 0 Å². The Morgan fingerprint density at radius 2 is 1.62 bits per heavy atom. The lowest BCUT2D eigenvalue weighted by Crippen LogP contribution is -2.00. The van der Waals surface area contributed by atoms with Crippen LogP contribution >= 0.6 is 0 Å². The normalized spacial score (nSPS) is 11.9. The minimum atomic E-state index is -4.24. The molecule has 2 aromatic rings. The molecule has 0 bridgehead atoms. The Labute approximate surface area is 92.9 Å². The summed E-state index contributed by atoms with van der Waals surface area (Å²) in [6.07, 6.45) is 0. The zero-order valence-electron chi connectivity index (χ0n) is 8.29. The fourth-order valence-corrected chi connectivity index (χ4v) is 2.39. The summed E-state index contributed by atoms with van der Waals surface area (Å²) >= 11 is 0. The summed E-state index contributed by atoms with van der Waals surface area (Å²) < 4.78 is 31.3. The predicted molar refractivity (Wildman–Crippen MR) is 59.7 cm³/mol. The van der Waals surface area contributed by atoms with Gasteiger partial charge < -0.3 is 5.11 Å². The van der Waals surface area contributed by atoms with Gasteiger partial charge in [0.2, 0.25) is 0 Å². The fraction of sp³-hybridized carbons (Fsp3) is 0.0909. The average Bonchev–Trinajstić information content (AvgIpc) is 2.26. The van der Waals surface area contributed by atoms with E-state index < -0.39 is 10.1 Å². The van der Waals surface area contributed by atoms with Crippen LogP contribution in [0.25, 0.3) is 10.8 Å². The van der Waals surface area contributed by atoms with Gasteiger partial charge in [-0.15, -0.1) is 0 Å². The molecule has 0 spiro atoms. The Hall–Kier alpha value is -1.43. The van der Waals surface area contributed by atoms with Crippen molar-refractivity contribution in [3.05, 3.63) is 42.0 Å². The van der Waals surface area contributed by atoms with Crippen LogP contribution in [-0.4, -0.2) is 18.1 Å². The monoisotopic (exact) mass is 238 g/mol. The Balaban J connectivity index is 2.91. The van der Waals surface area contributed by atoms with Crippen LogP contribution in [0.2, 0.25) is 0 Å². The molecule has 2 N–H and O–H groups in total. The van der Waals surface area contributed by atoms with Crippen LogP contribution in [-0.2, 0) is 16.7 Å². The molecule has 0 saturated heterocycles. The quantitative estimate of drug-likeness (QED) is 0.779. The zero-order valence-corrected chi connectivity index (χ0v) is 9.11. The van der Waals surface area contributed by atoms with E-state index in [-0.39, 0.29) is 11.5 Å². The standard InChI is InChI=1S/C11H10O4S/c12-7-8-5-6-11(16(13,14)15)10-4-2-1-3-9(8)10/h1-6,12H,7H2,(H,13,14,15). The summed E-state index contributed by atoms with van der Waals surface area (Å²) in [6.45, 7) is -0.174. The highest BCUT2D eigenvalue weighted by Crippen LogP contribution is 2.25. The first-order chi connectivity index (χ1) is 7.54. The van der Waals surface area contributed by atoms with Crippen LogP contribution in [0.1, 0.15) is 5.56 Å². The number of benzene rings is 2. The Morgan fingerprint density at radius 3 is 2.19 bits per heavy atom. The van der Waals surface area contributed by atoms with Crippen molar-refractivity contribution in [1.29, 1.82) is 0 Å². The molecule has 4 nitrogen and oxygen atoms in total. The van der Waals surface area contributed by atoms with E-state index in [1.807, 2.05) is 0 Å². The third-order valence-corrected chi connectivity index (χ3v) is 3.33. The molecule has 16 heavy (non-hydrogen) atoms. The van der Waals surface area contributed by atoms with Crippen LogP contribution in [0.4, 0.5) is 0 Å².